The Morgan fingerprint density at radius 3 is 2.80 bits per heavy atom. The van der Waals surface area contributed by atoms with E-state index in [0.717, 1.165) is 74.3 Å². The van der Waals surface area contributed by atoms with E-state index in [1.807, 2.05) is 0 Å². The van der Waals surface area contributed by atoms with E-state index in [4.69, 9.17) is 9.26 Å². The Morgan fingerprint density at radius 2 is 2.00 bits per heavy atom. The van der Waals surface area contributed by atoms with Gasteiger partial charge in [0, 0.05) is 43.1 Å². The van der Waals surface area contributed by atoms with Gasteiger partial charge in [-0.2, -0.15) is 0 Å². The molecule has 0 radical (unpaired) electrons. The first-order valence-electron chi connectivity index (χ1n) is 8.99. The predicted molar refractivity (Wildman–Crippen MR) is 88.9 cm³/mol. The second-order valence-electron chi connectivity index (χ2n) is 6.63. The van der Waals surface area contributed by atoms with Crippen LogP contribution in [0.5, 0.6) is 0 Å². The van der Waals surface area contributed by atoms with Crippen LogP contribution >= 0.6 is 0 Å². The highest BCUT2D eigenvalue weighted by Gasteiger charge is 2.24. The first-order chi connectivity index (χ1) is 12.3. The van der Waals surface area contributed by atoms with Crippen LogP contribution in [-0.2, 0) is 24.1 Å². The molecule has 2 aromatic heterocycles. The van der Waals surface area contributed by atoms with Crippen molar-refractivity contribution in [3.8, 4) is 0 Å². The lowest BCUT2D eigenvalue weighted by atomic mass is 9.96. The molecular formula is C18H22N4O3. The molecule has 1 saturated heterocycles. The van der Waals surface area contributed by atoms with Crippen LogP contribution in [0.4, 0.5) is 0 Å². The largest absolute Gasteiger partial charge is 0.370 e. The van der Waals surface area contributed by atoms with Crippen molar-refractivity contribution in [1.82, 2.24) is 20.4 Å². The molecule has 7 heteroatoms. The Hall–Kier alpha value is -2.28. The minimum Gasteiger partial charge on any atom is -0.370 e. The lowest BCUT2D eigenvalue weighted by Gasteiger charge is -2.21. The van der Waals surface area contributed by atoms with Gasteiger partial charge in [-0.1, -0.05) is 5.16 Å². The van der Waals surface area contributed by atoms with Gasteiger partial charge in [-0.3, -0.25) is 4.79 Å². The molecule has 1 aliphatic heterocycles. The van der Waals surface area contributed by atoms with Crippen LogP contribution in [-0.4, -0.2) is 27.6 Å². The molecule has 0 bridgehead atoms. The average Bonchev–Trinajstić information content (AvgIpc) is 3.11. The van der Waals surface area contributed by atoms with E-state index in [2.05, 4.69) is 20.4 Å². The predicted octanol–water partition coefficient (Wildman–Crippen LogP) is 2.52. The molecular weight excluding hydrogens is 320 g/mol. The summed E-state index contributed by atoms with van der Waals surface area (Å²) in [6.45, 7) is 1.14. The number of amides is 1. The van der Waals surface area contributed by atoms with Gasteiger partial charge in [0.2, 0.25) is 0 Å². The van der Waals surface area contributed by atoms with Gasteiger partial charge in [0.1, 0.15) is 11.9 Å². The SMILES string of the molecule is O=C(NCc1cnc(C2CCCCO2)nc1)c1noc2c1CCCC2. The summed E-state index contributed by atoms with van der Waals surface area (Å²) in [5, 5.41) is 6.83. The summed E-state index contributed by atoms with van der Waals surface area (Å²) < 4.78 is 11.0. The van der Waals surface area contributed by atoms with Crippen LogP contribution in [0.1, 0.15) is 71.4 Å². The number of nitrogens with one attached hydrogen (secondary N) is 1. The minimum atomic E-state index is -0.202. The number of nitrogens with zero attached hydrogens (tertiary/aromatic N) is 3. The Morgan fingerprint density at radius 1 is 1.16 bits per heavy atom. The van der Waals surface area contributed by atoms with E-state index < -0.39 is 0 Å². The van der Waals surface area contributed by atoms with Crippen molar-refractivity contribution in [2.75, 3.05) is 6.61 Å². The fourth-order valence-electron chi connectivity index (χ4n) is 3.40. The molecule has 1 N–H and O–H groups in total. The van der Waals surface area contributed by atoms with E-state index in [9.17, 15) is 4.79 Å². The highest BCUT2D eigenvalue weighted by atomic mass is 16.5. The summed E-state index contributed by atoms with van der Waals surface area (Å²) in [5.74, 6) is 1.38. The molecule has 7 nitrogen and oxygen atoms in total. The van der Waals surface area contributed by atoms with Crippen LogP contribution in [0.2, 0.25) is 0 Å². The zero-order chi connectivity index (χ0) is 17.1. The third-order valence-corrected chi connectivity index (χ3v) is 4.81. The molecule has 1 unspecified atom stereocenters. The Bertz CT molecular complexity index is 735. The fourth-order valence-corrected chi connectivity index (χ4v) is 3.40. The molecule has 25 heavy (non-hydrogen) atoms. The fraction of sp³-hybridized carbons (Fsp3) is 0.556. The van der Waals surface area contributed by atoms with Crippen molar-refractivity contribution < 1.29 is 14.1 Å². The Balaban J connectivity index is 1.36. The van der Waals surface area contributed by atoms with Crippen molar-refractivity contribution in [1.29, 1.82) is 0 Å². The van der Waals surface area contributed by atoms with Gasteiger partial charge >= 0.3 is 0 Å². The third kappa shape index (κ3) is 3.56. The summed E-state index contributed by atoms with van der Waals surface area (Å²) in [7, 11) is 0. The lowest BCUT2D eigenvalue weighted by Crippen LogP contribution is -2.25. The second kappa shape index (κ2) is 7.31. The summed E-state index contributed by atoms with van der Waals surface area (Å²) in [6.07, 6.45) is 10.6. The maximum absolute atomic E-state index is 12.4. The summed E-state index contributed by atoms with van der Waals surface area (Å²) in [4.78, 5) is 21.2. The van der Waals surface area contributed by atoms with Crippen molar-refractivity contribution in [3.05, 3.63) is 40.8 Å². The maximum Gasteiger partial charge on any atom is 0.274 e. The molecule has 1 amide bonds. The summed E-state index contributed by atoms with van der Waals surface area (Å²) in [6, 6.07) is 0. The lowest BCUT2D eigenvalue weighted by molar-refractivity contribution is 0.00940. The Labute approximate surface area is 146 Å². The summed E-state index contributed by atoms with van der Waals surface area (Å²) >= 11 is 0. The van der Waals surface area contributed by atoms with Gasteiger partial charge in [0.15, 0.2) is 11.5 Å². The first-order valence-corrected chi connectivity index (χ1v) is 8.99. The quantitative estimate of drug-likeness (QED) is 0.918. The minimum absolute atomic E-state index is 0.000885. The smallest absolute Gasteiger partial charge is 0.274 e. The topological polar surface area (TPSA) is 90.1 Å². The number of fused-ring (bicyclic) bond motifs is 1. The monoisotopic (exact) mass is 342 g/mol. The van der Waals surface area contributed by atoms with Crippen LogP contribution < -0.4 is 5.32 Å². The van der Waals surface area contributed by atoms with E-state index in [1.54, 1.807) is 12.4 Å². The number of hydrogen-bond acceptors (Lipinski definition) is 6. The molecule has 0 aromatic carbocycles. The van der Waals surface area contributed by atoms with E-state index in [1.165, 1.54) is 0 Å². The molecule has 2 aliphatic rings. The first kappa shape index (κ1) is 16.2. The van der Waals surface area contributed by atoms with Gasteiger partial charge in [0.25, 0.3) is 5.91 Å². The van der Waals surface area contributed by atoms with Crippen LogP contribution in [0.3, 0.4) is 0 Å². The summed E-state index contributed by atoms with van der Waals surface area (Å²) in [5.41, 5.74) is 2.23. The third-order valence-electron chi connectivity index (χ3n) is 4.81. The Kier molecular flexibility index (Phi) is 4.74. The molecule has 1 atom stereocenters. The van der Waals surface area contributed by atoms with Crippen LogP contribution in [0.15, 0.2) is 16.9 Å². The van der Waals surface area contributed by atoms with Crippen LogP contribution in [0, 0.1) is 0 Å². The number of carbonyl (C=O) groups is 1. The zero-order valence-electron chi connectivity index (χ0n) is 14.2. The molecule has 1 fully saturated rings. The van der Waals surface area contributed by atoms with Gasteiger partial charge < -0.3 is 14.6 Å². The van der Waals surface area contributed by atoms with E-state index >= 15 is 0 Å². The van der Waals surface area contributed by atoms with E-state index in [0.29, 0.717) is 12.2 Å². The molecule has 132 valence electrons. The van der Waals surface area contributed by atoms with E-state index in [-0.39, 0.29) is 12.0 Å². The number of ether oxygens (including phenoxy) is 1. The number of aryl methyl sites for hydroxylation is 1. The maximum atomic E-state index is 12.4. The zero-order valence-corrected chi connectivity index (χ0v) is 14.2. The molecule has 2 aromatic rings. The van der Waals surface area contributed by atoms with Crippen molar-refractivity contribution in [2.24, 2.45) is 0 Å². The normalized spacial score (nSPS) is 20.1. The van der Waals surface area contributed by atoms with Crippen LogP contribution in [0.25, 0.3) is 0 Å². The average molecular weight is 342 g/mol. The van der Waals surface area contributed by atoms with Crippen molar-refractivity contribution in [2.45, 2.75) is 57.6 Å². The standard InChI is InChI=1S/C18H22N4O3/c23-18(16-13-5-1-2-6-14(13)25-22-16)21-11-12-9-19-17(20-10-12)15-7-3-4-8-24-15/h9-10,15H,1-8,11H2,(H,21,23). The number of aromatic nitrogens is 3. The number of rotatable bonds is 4. The van der Waals surface area contributed by atoms with Gasteiger partial charge in [-0.05, 0) is 38.5 Å². The molecule has 4 rings (SSSR count). The molecule has 0 saturated carbocycles. The highest BCUT2D eigenvalue weighted by Crippen LogP contribution is 2.25. The number of hydrogen-bond donors (Lipinski definition) is 1. The number of carbonyl (C=O) groups excluding carboxylic acids is 1. The molecule has 1 aliphatic carbocycles. The molecule has 0 spiro atoms. The van der Waals surface area contributed by atoms with Gasteiger partial charge in [-0.25, -0.2) is 9.97 Å². The van der Waals surface area contributed by atoms with Crippen molar-refractivity contribution in [3.63, 3.8) is 0 Å². The van der Waals surface area contributed by atoms with Gasteiger partial charge in [0.05, 0.1) is 0 Å². The second-order valence-corrected chi connectivity index (χ2v) is 6.63. The highest BCUT2D eigenvalue weighted by molar-refractivity contribution is 5.93. The molecule has 3 heterocycles. The van der Waals surface area contributed by atoms with Gasteiger partial charge in [-0.15, -0.1) is 0 Å². The van der Waals surface area contributed by atoms with Crippen molar-refractivity contribution >= 4 is 5.91 Å².